The van der Waals surface area contributed by atoms with Crippen molar-refractivity contribution in [2.75, 3.05) is 6.61 Å². The average Bonchev–Trinajstić information content (AvgIpc) is 3.26. The average molecular weight is 345 g/mol. The normalized spacial score (nSPS) is 14.5. The number of carbonyl (C=O) groups excluding carboxylic acids is 2. The number of hydrogen-bond donors (Lipinski definition) is 1. The summed E-state index contributed by atoms with van der Waals surface area (Å²) in [5.41, 5.74) is 1.55. The fraction of sp³-hybridized carbons (Fsp3) is 0.412. The highest BCUT2D eigenvalue weighted by Gasteiger charge is 2.18. The Balaban J connectivity index is 1.45. The molecule has 1 amide bonds. The van der Waals surface area contributed by atoms with Gasteiger partial charge in [0.1, 0.15) is 5.01 Å². The molecule has 1 N–H and O–H groups in total. The summed E-state index contributed by atoms with van der Waals surface area (Å²) in [6.07, 6.45) is 7.81. The summed E-state index contributed by atoms with van der Waals surface area (Å²) < 4.78 is 5.03. The van der Waals surface area contributed by atoms with Gasteiger partial charge in [0.15, 0.2) is 6.61 Å². The maximum atomic E-state index is 11.8. The van der Waals surface area contributed by atoms with Gasteiger partial charge < -0.3 is 10.1 Å². The Hall–Kier alpha value is -2.28. The first-order valence-electron chi connectivity index (χ1n) is 8.00. The molecule has 0 spiro atoms. The van der Waals surface area contributed by atoms with E-state index in [2.05, 4.69) is 15.3 Å². The smallest absolute Gasteiger partial charge is 0.312 e. The fourth-order valence-electron chi connectivity index (χ4n) is 2.69. The predicted octanol–water partition coefficient (Wildman–Crippen LogP) is 2.35. The number of amides is 1. The molecule has 3 rings (SSSR count). The number of nitrogens with one attached hydrogen (secondary N) is 1. The molecule has 0 unspecified atom stereocenters. The SMILES string of the molecule is O=C(COC(=O)Cc1csc(-c2cccnc2)n1)NC1CCCC1. The quantitative estimate of drug-likeness (QED) is 0.813. The zero-order valence-electron chi connectivity index (χ0n) is 13.2. The third-order valence-corrected chi connectivity index (χ3v) is 4.81. The zero-order chi connectivity index (χ0) is 16.8. The van der Waals surface area contributed by atoms with Crippen LogP contribution in [0.15, 0.2) is 29.9 Å². The van der Waals surface area contributed by atoms with E-state index in [1.165, 1.54) is 11.3 Å². The van der Waals surface area contributed by atoms with Gasteiger partial charge in [-0.15, -0.1) is 11.3 Å². The first kappa shape index (κ1) is 16.6. The van der Waals surface area contributed by atoms with Gasteiger partial charge in [0.05, 0.1) is 12.1 Å². The van der Waals surface area contributed by atoms with E-state index in [1.807, 2.05) is 17.5 Å². The van der Waals surface area contributed by atoms with Crippen LogP contribution in [0, 0.1) is 0 Å². The maximum absolute atomic E-state index is 11.8. The van der Waals surface area contributed by atoms with Crippen LogP contribution in [0.25, 0.3) is 10.6 Å². The molecule has 7 heteroatoms. The molecule has 0 aromatic carbocycles. The second-order valence-electron chi connectivity index (χ2n) is 5.77. The van der Waals surface area contributed by atoms with Crippen molar-refractivity contribution in [2.45, 2.75) is 38.1 Å². The number of ether oxygens (including phenoxy) is 1. The van der Waals surface area contributed by atoms with Crippen LogP contribution in [0.3, 0.4) is 0 Å². The van der Waals surface area contributed by atoms with Crippen LogP contribution in [0.5, 0.6) is 0 Å². The van der Waals surface area contributed by atoms with E-state index in [9.17, 15) is 9.59 Å². The lowest BCUT2D eigenvalue weighted by molar-refractivity contribution is -0.148. The van der Waals surface area contributed by atoms with Gasteiger partial charge in [-0.25, -0.2) is 4.98 Å². The number of carbonyl (C=O) groups is 2. The number of nitrogens with zero attached hydrogens (tertiary/aromatic N) is 2. The number of pyridine rings is 1. The fourth-order valence-corrected chi connectivity index (χ4v) is 3.50. The molecule has 0 radical (unpaired) electrons. The van der Waals surface area contributed by atoms with Crippen molar-refractivity contribution in [2.24, 2.45) is 0 Å². The first-order chi connectivity index (χ1) is 11.7. The van der Waals surface area contributed by atoms with Crippen LogP contribution in [-0.2, 0) is 20.7 Å². The molecule has 2 heterocycles. The molecule has 0 saturated heterocycles. The highest BCUT2D eigenvalue weighted by atomic mass is 32.1. The minimum Gasteiger partial charge on any atom is -0.455 e. The van der Waals surface area contributed by atoms with Crippen LogP contribution in [0.1, 0.15) is 31.4 Å². The molecule has 24 heavy (non-hydrogen) atoms. The summed E-state index contributed by atoms with van der Waals surface area (Å²) >= 11 is 1.45. The van der Waals surface area contributed by atoms with E-state index in [1.54, 1.807) is 12.4 Å². The summed E-state index contributed by atoms with van der Waals surface area (Å²) in [5, 5.41) is 5.52. The van der Waals surface area contributed by atoms with Crippen molar-refractivity contribution in [3.05, 3.63) is 35.6 Å². The largest absolute Gasteiger partial charge is 0.455 e. The maximum Gasteiger partial charge on any atom is 0.312 e. The van der Waals surface area contributed by atoms with Crippen LogP contribution >= 0.6 is 11.3 Å². The lowest BCUT2D eigenvalue weighted by atomic mass is 10.2. The Morgan fingerprint density at radius 3 is 2.92 bits per heavy atom. The van der Waals surface area contributed by atoms with E-state index < -0.39 is 5.97 Å². The molecule has 2 aromatic rings. The van der Waals surface area contributed by atoms with Crippen LogP contribution < -0.4 is 5.32 Å². The summed E-state index contributed by atoms with van der Waals surface area (Å²) in [6, 6.07) is 3.99. The molecule has 0 atom stereocenters. The van der Waals surface area contributed by atoms with E-state index in [4.69, 9.17) is 4.74 Å². The van der Waals surface area contributed by atoms with Crippen molar-refractivity contribution < 1.29 is 14.3 Å². The van der Waals surface area contributed by atoms with Gasteiger partial charge in [-0.3, -0.25) is 14.6 Å². The lowest BCUT2D eigenvalue weighted by Gasteiger charge is -2.11. The van der Waals surface area contributed by atoms with Crippen molar-refractivity contribution >= 4 is 23.2 Å². The van der Waals surface area contributed by atoms with Gasteiger partial charge in [-0.2, -0.15) is 0 Å². The monoisotopic (exact) mass is 345 g/mol. The van der Waals surface area contributed by atoms with Gasteiger partial charge in [0.25, 0.3) is 5.91 Å². The number of thiazole rings is 1. The molecule has 1 aliphatic rings. The summed E-state index contributed by atoms with van der Waals surface area (Å²) in [6.45, 7) is -0.227. The molecule has 1 saturated carbocycles. The Morgan fingerprint density at radius 2 is 2.17 bits per heavy atom. The van der Waals surface area contributed by atoms with Crippen molar-refractivity contribution in [1.29, 1.82) is 0 Å². The predicted molar refractivity (Wildman–Crippen MR) is 90.4 cm³/mol. The van der Waals surface area contributed by atoms with E-state index >= 15 is 0 Å². The number of esters is 1. The Morgan fingerprint density at radius 1 is 1.33 bits per heavy atom. The van der Waals surface area contributed by atoms with Crippen molar-refractivity contribution in [3.63, 3.8) is 0 Å². The van der Waals surface area contributed by atoms with Crippen molar-refractivity contribution in [3.8, 4) is 10.6 Å². The Bertz CT molecular complexity index is 696. The van der Waals surface area contributed by atoms with Crippen LogP contribution in [0.2, 0.25) is 0 Å². The molecular formula is C17H19N3O3S. The molecule has 6 nitrogen and oxygen atoms in total. The summed E-state index contributed by atoms with van der Waals surface area (Å²) in [7, 11) is 0. The van der Waals surface area contributed by atoms with Crippen molar-refractivity contribution in [1.82, 2.24) is 15.3 Å². The number of hydrogen-bond acceptors (Lipinski definition) is 6. The standard InChI is InChI=1S/C17H19N3O3S/c21-15(19-13-5-1-2-6-13)10-23-16(22)8-14-11-24-17(20-14)12-4-3-7-18-9-12/h3-4,7,9,11,13H,1-2,5-6,8,10H2,(H,19,21). The van der Waals surface area contributed by atoms with Gasteiger partial charge >= 0.3 is 5.97 Å². The Labute approximate surface area is 144 Å². The third-order valence-electron chi connectivity index (χ3n) is 3.87. The third kappa shape index (κ3) is 4.61. The minimum atomic E-state index is -0.445. The Kier molecular flexibility index (Phi) is 5.53. The zero-order valence-corrected chi connectivity index (χ0v) is 14.1. The van der Waals surface area contributed by atoms with E-state index in [0.717, 1.165) is 36.3 Å². The molecule has 0 aliphatic heterocycles. The number of aromatic nitrogens is 2. The minimum absolute atomic E-state index is 0.0630. The first-order valence-corrected chi connectivity index (χ1v) is 8.88. The van der Waals surface area contributed by atoms with Crippen LogP contribution in [0.4, 0.5) is 0 Å². The summed E-state index contributed by atoms with van der Waals surface area (Å²) in [4.78, 5) is 32.0. The topological polar surface area (TPSA) is 81.2 Å². The second-order valence-corrected chi connectivity index (χ2v) is 6.63. The molecular weight excluding hydrogens is 326 g/mol. The van der Waals surface area contributed by atoms with Gasteiger partial charge in [0.2, 0.25) is 0 Å². The summed E-state index contributed by atoms with van der Waals surface area (Å²) in [5.74, 6) is -0.677. The van der Waals surface area contributed by atoms with Crippen LogP contribution in [-0.4, -0.2) is 34.5 Å². The van der Waals surface area contributed by atoms with E-state index in [-0.39, 0.29) is 25.0 Å². The number of rotatable bonds is 6. The molecule has 1 fully saturated rings. The highest BCUT2D eigenvalue weighted by Crippen LogP contribution is 2.22. The molecule has 2 aromatic heterocycles. The molecule has 1 aliphatic carbocycles. The lowest BCUT2D eigenvalue weighted by Crippen LogP contribution is -2.36. The van der Waals surface area contributed by atoms with Gasteiger partial charge in [0, 0.05) is 29.4 Å². The van der Waals surface area contributed by atoms with E-state index in [0.29, 0.717) is 5.69 Å². The highest BCUT2D eigenvalue weighted by molar-refractivity contribution is 7.13. The molecule has 126 valence electrons. The second kappa shape index (κ2) is 8.01. The molecule has 0 bridgehead atoms. The van der Waals surface area contributed by atoms with Gasteiger partial charge in [-0.05, 0) is 25.0 Å². The van der Waals surface area contributed by atoms with Gasteiger partial charge in [-0.1, -0.05) is 12.8 Å².